The lowest BCUT2D eigenvalue weighted by Crippen LogP contribution is -2.27. The van der Waals surface area contributed by atoms with E-state index in [9.17, 15) is 4.79 Å². The first-order chi connectivity index (χ1) is 10.1. The molecule has 0 fully saturated rings. The van der Waals surface area contributed by atoms with Crippen molar-refractivity contribution < 1.29 is 9.21 Å². The van der Waals surface area contributed by atoms with Crippen molar-refractivity contribution in [2.75, 3.05) is 5.73 Å². The normalized spacial score (nSPS) is 12.2. The summed E-state index contributed by atoms with van der Waals surface area (Å²) in [6.07, 6.45) is 1.57. The van der Waals surface area contributed by atoms with Gasteiger partial charge in [-0.2, -0.15) is 0 Å². The highest BCUT2D eigenvalue weighted by Gasteiger charge is 2.15. The van der Waals surface area contributed by atoms with E-state index in [1.165, 1.54) is 0 Å². The number of anilines is 1. The van der Waals surface area contributed by atoms with E-state index >= 15 is 0 Å². The summed E-state index contributed by atoms with van der Waals surface area (Å²) in [6, 6.07) is 12.4. The number of para-hydroxylation sites is 1. The molecule has 0 spiro atoms. The number of furan rings is 1. The van der Waals surface area contributed by atoms with Gasteiger partial charge >= 0.3 is 0 Å². The zero-order valence-corrected chi connectivity index (χ0v) is 11.5. The highest BCUT2D eigenvalue weighted by molar-refractivity contribution is 5.99. The van der Waals surface area contributed by atoms with Crippen LogP contribution in [0.3, 0.4) is 0 Å². The van der Waals surface area contributed by atoms with Crippen LogP contribution < -0.4 is 11.1 Å². The lowest BCUT2D eigenvalue weighted by molar-refractivity contribution is 0.0930. The minimum Gasteiger partial charge on any atom is -0.467 e. The van der Waals surface area contributed by atoms with Crippen molar-refractivity contribution in [3.8, 4) is 0 Å². The number of aromatic nitrogens is 1. The zero-order chi connectivity index (χ0) is 14.8. The van der Waals surface area contributed by atoms with E-state index in [1.54, 1.807) is 18.4 Å². The maximum absolute atomic E-state index is 12.3. The number of rotatable bonds is 3. The molecule has 0 saturated carbocycles. The van der Waals surface area contributed by atoms with Crippen LogP contribution in [0.5, 0.6) is 0 Å². The molecule has 21 heavy (non-hydrogen) atoms. The Morgan fingerprint density at radius 1 is 1.29 bits per heavy atom. The quantitative estimate of drug-likeness (QED) is 0.773. The molecule has 3 rings (SSSR count). The highest BCUT2D eigenvalue weighted by Crippen LogP contribution is 2.20. The molecule has 5 nitrogen and oxygen atoms in total. The van der Waals surface area contributed by atoms with E-state index < -0.39 is 0 Å². The predicted molar refractivity (Wildman–Crippen MR) is 80.7 cm³/mol. The van der Waals surface area contributed by atoms with Gasteiger partial charge in [-0.25, -0.2) is 4.98 Å². The van der Waals surface area contributed by atoms with Crippen molar-refractivity contribution in [2.24, 2.45) is 0 Å². The summed E-state index contributed by atoms with van der Waals surface area (Å²) in [5, 5.41) is 3.68. The first-order valence-electron chi connectivity index (χ1n) is 6.64. The molecule has 0 radical (unpaired) electrons. The lowest BCUT2D eigenvalue weighted by Gasteiger charge is -2.12. The topological polar surface area (TPSA) is 81.2 Å². The van der Waals surface area contributed by atoms with Gasteiger partial charge in [0, 0.05) is 11.1 Å². The third kappa shape index (κ3) is 2.58. The maximum Gasteiger partial charge on any atom is 0.270 e. The van der Waals surface area contributed by atoms with Gasteiger partial charge in [0.05, 0.1) is 17.8 Å². The number of nitrogens with zero attached hydrogens (tertiary/aromatic N) is 1. The van der Waals surface area contributed by atoms with E-state index in [0.717, 1.165) is 5.39 Å². The van der Waals surface area contributed by atoms with Gasteiger partial charge in [-0.3, -0.25) is 4.79 Å². The number of pyridine rings is 1. The molecule has 3 aromatic rings. The van der Waals surface area contributed by atoms with Gasteiger partial charge in [0.15, 0.2) is 0 Å². The Morgan fingerprint density at radius 2 is 2.10 bits per heavy atom. The minimum atomic E-state index is -0.281. The molecule has 0 aliphatic rings. The van der Waals surface area contributed by atoms with Crippen molar-refractivity contribution in [3.63, 3.8) is 0 Å². The summed E-state index contributed by atoms with van der Waals surface area (Å²) >= 11 is 0. The molecule has 0 aliphatic carbocycles. The van der Waals surface area contributed by atoms with E-state index in [-0.39, 0.29) is 11.9 Å². The molecule has 2 aromatic heterocycles. The zero-order valence-electron chi connectivity index (χ0n) is 11.5. The standard InChI is InChI=1S/C16H15N3O2/c1-10(15-7-4-8-21-15)18-16(20)14-9-12(17)11-5-2-3-6-13(11)19-14/h2-10H,1H3,(H2,17,19)(H,18,20). The second-order valence-corrected chi connectivity index (χ2v) is 4.82. The molecule has 1 atom stereocenters. The Balaban J connectivity index is 1.88. The highest BCUT2D eigenvalue weighted by atomic mass is 16.3. The number of nitrogen functional groups attached to an aromatic ring is 1. The summed E-state index contributed by atoms with van der Waals surface area (Å²) in [5.74, 6) is 0.411. The number of carbonyl (C=O) groups is 1. The van der Waals surface area contributed by atoms with Gasteiger partial charge in [0.25, 0.3) is 5.91 Å². The van der Waals surface area contributed by atoms with Gasteiger partial charge in [-0.05, 0) is 31.2 Å². The summed E-state index contributed by atoms with van der Waals surface area (Å²) in [7, 11) is 0. The average Bonchev–Trinajstić information content (AvgIpc) is 3.01. The molecular formula is C16H15N3O2. The molecule has 3 N–H and O–H groups in total. The molecule has 1 amide bonds. The van der Waals surface area contributed by atoms with Crippen LogP contribution in [0.1, 0.15) is 29.2 Å². The molecule has 0 bridgehead atoms. The van der Waals surface area contributed by atoms with Crippen LogP contribution in [-0.4, -0.2) is 10.9 Å². The Hall–Kier alpha value is -2.82. The number of hydrogen-bond acceptors (Lipinski definition) is 4. The second-order valence-electron chi connectivity index (χ2n) is 4.82. The maximum atomic E-state index is 12.3. The van der Waals surface area contributed by atoms with Gasteiger partial charge < -0.3 is 15.5 Å². The molecule has 1 aromatic carbocycles. The van der Waals surface area contributed by atoms with E-state index in [4.69, 9.17) is 10.2 Å². The number of fused-ring (bicyclic) bond motifs is 1. The van der Waals surface area contributed by atoms with E-state index in [1.807, 2.05) is 37.3 Å². The molecular weight excluding hydrogens is 266 g/mol. The van der Waals surface area contributed by atoms with Crippen LogP contribution in [0.25, 0.3) is 10.9 Å². The van der Waals surface area contributed by atoms with Crippen LogP contribution in [0.15, 0.2) is 53.1 Å². The fraction of sp³-hybridized carbons (Fsp3) is 0.125. The van der Waals surface area contributed by atoms with E-state index in [2.05, 4.69) is 10.3 Å². The Bertz CT molecular complexity index is 781. The number of benzene rings is 1. The fourth-order valence-electron chi connectivity index (χ4n) is 2.20. The first-order valence-corrected chi connectivity index (χ1v) is 6.64. The van der Waals surface area contributed by atoms with Crippen molar-refractivity contribution in [1.29, 1.82) is 0 Å². The Kier molecular flexibility index (Phi) is 3.31. The third-order valence-corrected chi connectivity index (χ3v) is 3.30. The molecule has 0 saturated heterocycles. The summed E-state index contributed by atoms with van der Waals surface area (Å²) in [4.78, 5) is 16.6. The largest absolute Gasteiger partial charge is 0.467 e. The molecule has 2 heterocycles. The molecule has 5 heteroatoms. The number of nitrogens with one attached hydrogen (secondary N) is 1. The van der Waals surface area contributed by atoms with Crippen LogP contribution in [-0.2, 0) is 0 Å². The van der Waals surface area contributed by atoms with Gasteiger partial charge in [-0.1, -0.05) is 18.2 Å². The summed E-state index contributed by atoms with van der Waals surface area (Å²) in [5.41, 5.74) is 7.52. The predicted octanol–water partition coefficient (Wildman–Crippen LogP) is 2.90. The molecule has 106 valence electrons. The van der Waals surface area contributed by atoms with Gasteiger partial charge in [0.1, 0.15) is 11.5 Å². The number of hydrogen-bond donors (Lipinski definition) is 2. The smallest absolute Gasteiger partial charge is 0.270 e. The lowest BCUT2D eigenvalue weighted by atomic mass is 10.1. The Morgan fingerprint density at radius 3 is 2.86 bits per heavy atom. The minimum absolute atomic E-state index is 0.234. The Labute approximate surface area is 121 Å². The van der Waals surface area contributed by atoms with Crippen molar-refractivity contribution in [3.05, 3.63) is 60.2 Å². The van der Waals surface area contributed by atoms with Crippen LogP contribution >= 0.6 is 0 Å². The van der Waals surface area contributed by atoms with Crippen molar-refractivity contribution >= 4 is 22.5 Å². The van der Waals surface area contributed by atoms with Crippen LogP contribution in [0.4, 0.5) is 5.69 Å². The monoisotopic (exact) mass is 281 g/mol. The average molecular weight is 281 g/mol. The first kappa shape index (κ1) is 13.2. The molecule has 1 unspecified atom stereocenters. The number of carbonyl (C=O) groups excluding carboxylic acids is 1. The number of amides is 1. The van der Waals surface area contributed by atoms with Gasteiger partial charge in [-0.15, -0.1) is 0 Å². The van der Waals surface area contributed by atoms with E-state index in [0.29, 0.717) is 22.7 Å². The number of nitrogens with two attached hydrogens (primary N) is 1. The van der Waals surface area contributed by atoms with Crippen LogP contribution in [0, 0.1) is 0 Å². The summed E-state index contributed by atoms with van der Waals surface area (Å²) in [6.45, 7) is 1.85. The third-order valence-electron chi connectivity index (χ3n) is 3.30. The second kappa shape index (κ2) is 5.28. The summed E-state index contributed by atoms with van der Waals surface area (Å²) < 4.78 is 5.27. The van der Waals surface area contributed by atoms with Crippen molar-refractivity contribution in [2.45, 2.75) is 13.0 Å². The van der Waals surface area contributed by atoms with Crippen molar-refractivity contribution in [1.82, 2.24) is 10.3 Å². The molecule has 0 aliphatic heterocycles. The SMILES string of the molecule is CC(NC(=O)c1cc(N)c2ccccc2n1)c1ccco1. The van der Waals surface area contributed by atoms with Gasteiger partial charge in [0.2, 0.25) is 0 Å². The van der Waals surface area contributed by atoms with Crippen LogP contribution in [0.2, 0.25) is 0 Å². The fourth-order valence-corrected chi connectivity index (χ4v) is 2.20.